The van der Waals surface area contributed by atoms with E-state index < -0.39 is 0 Å². The SMILES string of the molecule is CC(C)CNCc1cc(F)cnc1N1CC(C)CC1C. The minimum Gasteiger partial charge on any atom is -0.353 e. The summed E-state index contributed by atoms with van der Waals surface area (Å²) >= 11 is 0. The highest BCUT2D eigenvalue weighted by atomic mass is 19.1. The van der Waals surface area contributed by atoms with Crippen LogP contribution < -0.4 is 10.2 Å². The van der Waals surface area contributed by atoms with Gasteiger partial charge in [0, 0.05) is 24.7 Å². The molecule has 2 atom stereocenters. The molecule has 1 aromatic rings. The van der Waals surface area contributed by atoms with Crippen molar-refractivity contribution in [2.75, 3.05) is 18.0 Å². The average molecular weight is 279 g/mol. The van der Waals surface area contributed by atoms with Crippen LogP contribution in [0.2, 0.25) is 0 Å². The van der Waals surface area contributed by atoms with Gasteiger partial charge in [-0.1, -0.05) is 20.8 Å². The van der Waals surface area contributed by atoms with Crippen molar-refractivity contribution in [2.24, 2.45) is 11.8 Å². The molecule has 1 N–H and O–H groups in total. The topological polar surface area (TPSA) is 28.2 Å². The summed E-state index contributed by atoms with van der Waals surface area (Å²) in [5.41, 5.74) is 0.964. The van der Waals surface area contributed by atoms with Crippen molar-refractivity contribution < 1.29 is 4.39 Å². The molecule has 4 heteroatoms. The first-order valence-corrected chi connectivity index (χ1v) is 7.59. The first-order chi connectivity index (χ1) is 9.47. The molecule has 1 saturated heterocycles. The molecule has 2 unspecified atom stereocenters. The summed E-state index contributed by atoms with van der Waals surface area (Å²) in [5.74, 6) is 1.95. The van der Waals surface area contributed by atoms with Gasteiger partial charge in [-0.25, -0.2) is 9.37 Å². The fourth-order valence-corrected chi connectivity index (χ4v) is 2.95. The van der Waals surface area contributed by atoms with Crippen LogP contribution in [0, 0.1) is 17.7 Å². The molecule has 0 aliphatic carbocycles. The largest absolute Gasteiger partial charge is 0.353 e. The lowest BCUT2D eigenvalue weighted by Gasteiger charge is -2.25. The van der Waals surface area contributed by atoms with Gasteiger partial charge < -0.3 is 10.2 Å². The summed E-state index contributed by atoms with van der Waals surface area (Å²) in [5, 5.41) is 3.38. The zero-order valence-electron chi connectivity index (χ0n) is 13.0. The van der Waals surface area contributed by atoms with E-state index >= 15 is 0 Å². The van der Waals surface area contributed by atoms with E-state index in [0.717, 1.165) is 24.5 Å². The van der Waals surface area contributed by atoms with E-state index in [2.05, 4.69) is 42.9 Å². The predicted octanol–water partition coefficient (Wildman–Crippen LogP) is 3.20. The van der Waals surface area contributed by atoms with Gasteiger partial charge in [0.2, 0.25) is 0 Å². The van der Waals surface area contributed by atoms with Crippen LogP contribution in [0.1, 0.15) is 39.7 Å². The van der Waals surface area contributed by atoms with Gasteiger partial charge in [-0.15, -0.1) is 0 Å². The molecule has 20 heavy (non-hydrogen) atoms. The first kappa shape index (κ1) is 15.2. The number of aromatic nitrogens is 1. The van der Waals surface area contributed by atoms with Crippen LogP contribution in [0.5, 0.6) is 0 Å². The Bertz CT molecular complexity index is 447. The van der Waals surface area contributed by atoms with Crippen molar-refractivity contribution in [1.82, 2.24) is 10.3 Å². The van der Waals surface area contributed by atoms with Crippen LogP contribution in [0.3, 0.4) is 0 Å². The Morgan fingerprint density at radius 3 is 2.80 bits per heavy atom. The van der Waals surface area contributed by atoms with Crippen molar-refractivity contribution in [1.29, 1.82) is 0 Å². The Hall–Kier alpha value is -1.16. The third-order valence-corrected chi connectivity index (χ3v) is 3.83. The Morgan fingerprint density at radius 1 is 1.45 bits per heavy atom. The number of nitrogens with zero attached hydrogens (tertiary/aromatic N) is 2. The molecule has 0 radical (unpaired) electrons. The van der Waals surface area contributed by atoms with Crippen molar-refractivity contribution >= 4 is 5.82 Å². The monoisotopic (exact) mass is 279 g/mol. The van der Waals surface area contributed by atoms with E-state index in [1.807, 2.05) is 0 Å². The molecule has 0 bridgehead atoms. The maximum absolute atomic E-state index is 13.5. The van der Waals surface area contributed by atoms with Gasteiger partial charge in [0.15, 0.2) is 0 Å². The number of pyridine rings is 1. The number of anilines is 1. The molecular formula is C16H26FN3. The van der Waals surface area contributed by atoms with E-state index in [1.165, 1.54) is 12.6 Å². The van der Waals surface area contributed by atoms with Gasteiger partial charge >= 0.3 is 0 Å². The number of nitrogens with one attached hydrogen (secondary N) is 1. The zero-order valence-corrected chi connectivity index (χ0v) is 13.0. The molecule has 1 fully saturated rings. The third-order valence-electron chi connectivity index (χ3n) is 3.83. The highest BCUT2D eigenvalue weighted by molar-refractivity contribution is 5.49. The number of hydrogen-bond acceptors (Lipinski definition) is 3. The Balaban J connectivity index is 2.15. The summed E-state index contributed by atoms with van der Waals surface area (Å²) in [6, 6.07) is 2.09. The number of halogens is 1. The normalized spacial score (nSPS) is 22.8. The van der Waals surface area contributed by atoms with Gasteiger partial charge in [-0.05, 0) is 37.8 Å². The lowest BCUT2D eigenvalue weighted by molar-refractivity contribution is 0.547. The van der Waals surface area contributed by atoms with Crippen LogP contribution in [-0.4, -0.2) is 24.1 Å². The summed E-state index contributed by atoms with van der Waals surface area (Å²) in [7, 11) is 0. The maximum Gasteiger partial charge on any atom is 0.141 e. The molecule has 1 aliphatic heterocycles. The lowest BCUT2D eigenvalue weighted by atomic mass is 10.1. The zero-order chi connectivity index (χ0) is 14.7. The third kappa shape index (κ3) is 3.69. The molecule has 0 spiro atoms. The second kappa shape index (κ2) is 6.53. The molecule has 1 aromatic heterocycles. The second-order valence-corrected chi connectivity index (χ2v) is 6.50. The molecule has 1 aliphatic rings. The molecular weight excluding hydrogens is 253 g/mol. The van der Waals surface area contributed by atoms with E-state index in [0.29, 0.717) is 24.4 Å². The minimum atomic E-state index is -0.255. The molecule has 3 nitrogen and oxygen atoms in total. The highest BCUT2D eigenvalue weighted by Crippen LogP contribution is 2.29. The van der Waals surface area contributed by atoms with E-state index in [-0.39, 0.29) is 5.82 Å². The fourth-order valence-electron chi connectivity index (χ4n) is 2.95. The smallest absolute Gasteiger partial charge is 0.141 e. The summed E-state index contributed by atoms with van der Waals surface area (Å²) in [6.07, 6.45) is 2.51. The summed E-state index contributed by atoms with van der Waals surface area (Å²) in [6.45, 7) is 11.4. The first-order valence-electron chi connectivity index (χ1n) is 7.59. The van der Waals surface area contributed by atoms with Crippen LogP contribution in [0.4, 0.5) is 10.2 Å². The standard InChI is InChI=1S/C16H26FN3/c1-11(2)7-18-8-14-6-15(17)9-19-16(14)20-10-12(3)5-13(20)4/h6,9,11-13,18H,5,7-8,10H2,1-4H3. The quantitative estimate of drug-likeness (QED) is 0.897. The predicted molar refractivity (Wildman–Crippen MR) is 81.3 cm³/mol. The maximum atomic E-state index is 13.5. The van der Waals surface area contributed by atoms with Crippen molar-refractivity contribution in [3.63, 3.8) is 0 Å². The van der Waals surface area contributed by atoms with Crippen molar-refractivity contribution in [2.45, 2.75) is 46.7 Å². The van der Waals surface area contributed by atoms with Gasteiger partial charge in [0.05, 0.1) is 6.20 Å². The summed E-state index contributed by atoms with van der Waals surface area (Å²) < 4.78 is 13.5. The van der Waals surface area contributed by atoms with Crippen molar-refractivity contribution in [3.8, 4) is 0 Å². The average Bonchev–Trinajstić information content (AvgIpc) is 2.68. The number of rotatable bonds is 5. The van der Waals surface area contributed by atoms with Crippen LogP contribution in [0.15, 0.2) is 12.3 Å². The minimum absolute atomic E-state index is 0.255. The molecule has 0 aromatic carbocycles. The molecule has 2 rings (SSSR count). The second-order valence-electron chi connectivity index (χ2n) is 6.50. The Labute approximate surface area is 121 Å². The fraction of sp³-hybridized carbons (Fsp3) is 0.688. The van der Waals surface area contributed by atoms with Gasteiger partial charge in [-0.2, -0.15) is 0 Å². The van der Waals surface area contributed by atoms with E-state index in [1.54, 1.807) is 6.07 Å². The van der Waals surface area contributed by atoms with E-state index in [9.17, 15) is 4.39 Å². The van der Waals surface area contributed by atoms with Gasteiger partial charge in [0.25, 0.3) is 0 Å². The molecule has 112 valence electrons. The Morgan fingerprint density at radius 2 is 2.20 bits per heavy atom. The lowest BCUT2D eigenvalue weighted by Crippen LogP contribution is -2.30. The van der Waals surface area contributed by atoms with Gasteiger partial charge in [-0.3, -0.25) is 0 Å². The van der Waals surface area contributed by atoms with Crippen LogP contribution in [-0.2, 0) is 6.54 Å². The summed E-state index contributed by atoms with van der Waals surface area (Å²) in [4.78, 5) is 6.67. The van der Waals surface area contributed by atoms with Crippen LogP contribution >= 0.6 is 0 Å². The van der Waals surface area contributed by atoms with E-state index in [4.69, 9.17) is 0 Å². The van der Waals surface area contributed by atoms with Crippen LogP contribution in [0.25, 0.3) is 0 Å². The van der Waals surface area contributed by atoms with Gasteiger partial charge in [0.1, 0.15) is 11.6 Å². The molecule has 0 saturated carbocycles. The number of hydrogen-bond donors (Lipinski definition) is 1. The Kier molecular flexibility index (Phi) is 4.97. The molecule has 0 amide bonds. The van der Waals surface area contributed by atoms with Crippen molar-refractivity contribution in [3.05, 3.63) is 23.6 Å². The highest BCUT2D eigenvalue weighted by Gasteiger charge is 2.28. The molecule has 2 heterocycles.